The quantitative estimate of drug-likeness (QED) is 0.688. The minimum atomic E-state index is -0.327. The highest BCUT2D eigenvalue weighted by Gasteiger charge is 2.16. The molecule has 0 aromatic heterocycles. The number of benzene rings is 2. The fourth-order valence-electron chi connectivity index (χ4n) is 3.46. The zero-order valence-corrected chi connectivity index (χ0v) is 16.7. The molecular weight excluding hydrogens is 350 g/mol. The predicted octanol–water partition coefficient (Wildman–Crippen LogP) is 3.60. The summed E-state index contributed by atoms with van der Waals surface area (Å²) < 4.78 is 0. The largest absolute Gasteiger partial charge is 0.325 e. The van der Waals surface area contributed by atoms with Crippen molar-refractivity contribution < 1.29 is 9.59 Å². The molecule has 2 N–H and O–H groups in total. The Kier molecular flexibility index (Phi) is 6.95. The molecule has 1 aliphatic heterocycles. The van der Waals surface area contributed by atoms with Crippen molar-refractivity contribution in [3.63, 3.8) is 0 Å². The number of hydrogen-bond acceptors (Lipinski definition) is 4. The molecule has 1 amide bonds. The van der Waals surface area contributed by atoms with Crippen molar-refractivity contribution in [1.82, 2.24) is 10.2 Å². The molecule has 1 atom stereocenters. The molecule has 28 heavy (non-hydrogen) atoms. The fraction of sp³-hybridized carbons (Fsp3) is 0.391. The lowest BCUT2D eigenvalue weighted by molar-refractivity contribution is -0.117. The lowest BCUT2D eigenvalue weighted by Gasteiger charge is -2.19. The van der Waals surface area contributed by atoms with E-state index in [1.54, 1.807) is 24.3 Å². The molecule has 0 aliphatic carbocycles. The zero-order valence-electron chi connectivity index (χ0n) is 16.7. The van der Waals surface area contributed by atoms with Gasteiger partial charge in [-0.25, -0.2) is 0 Å². The Hall–Kier alpha value is -2.50. The maximum Gasteiger partial charge on any atom is 0.241 e. The summed E-state index contributed by atoms with van der Waals surface area (Å²) in [5.41, 5.74) is 3.89. The van der Waals surface area contributed by atoms with Gasteiger partial charge in [0.1, 0.15) is 0 Å². The Bertz CT molecular complexity index is 811. The van der Waals surface area contributed by atoms with Crippen LogP contribution in [0.15, 0.2) is 48.5 Å². The van der Waals surface area contributed by atoms with Gasteiger partial charge >= 0.3 is 0 Å². The van der Waals surface area contributed by atoms with E-state index >= 15 is 0 Å². The van der Waals surface area contributed by atoms with Gasteiger partial charge in [-0.1, -0.05) is 24.3 Å². The van der Waals surface area contributed by atoms with Crippen molar-refractivity contribution in [3.8, 4) is 0 Å². The monoisotopic (exact) mass is 379 g/mol. The Morgan fingerprint density at radius 1 is 1.00 bits per heavy atom. The van der Waals surface area contributed by atoms with Gasteiger partial charge in [-0.2, -0.15) is 0 Å². The number of rotatable bonds is 8. The Morgan fingerprint density at radius 2 is 1.64 bits per heavy atom. The molecule has 0 unspecified atom stereocenters. The Morgan fingerprint density at radius 3 is 2.29 bits per heavy atom. The number of anilines is 1. The van der Waals surface area contributed by atoms with E-state index in [0.29, 0.717) is 17.8 Å². The van der Waals surface area contributed by atoms with Crippen LogP contribution < -0.4 is 10.6 Å². The van der Waals surface area contributed by atoms with Gasteiger partial charge in [0.2, 0.25) is 5.91 Å². The average Bonchev–Trinajstić information content (AvgIpc) is 3.20. The summed E-state index contributed by atoms with van der Waals surface area (Å²) in [5, 5.41) is 6.23. The molecular formula is C23H29N3O2. The van der Waals surface area contributed by atoms with Gasteiger partial charge in [-0.05, 0) is 75.2 Å². The molecule has 1 aliphatic rings. The van der Waals surface area contributed by atoms with Gasteiger partial charge in [0.25, 0.3) is 0 Å². The molecule has 5 heteroatoms. The number of carbonyl (C=O) groups is 2. The molecule has 0 radical (unpaired) electrons. The number of nitrogens with zero attached hydrogens (tertiary/aromatic N) is 1. The van der Waals surface area contributed by atoms with E-state index in [-0.39, 0.29) is 17.7 Å². The number of Topliss-reactive ketones (excluding diaryl/α,β-unsaturated/α-hetero) is 1. The van der Waals surface area contributed by atoms with Crippen LogP contribution in [0.4, 0.5) is 5.69 Å². The summed E-state index contributed by atoms with van der Waals surface area (Å²) in [7, 11) is 0. The number of ketones is 1. The van der Waals surface area contributed by atoms with E-state index < -0.39 is 0 Å². The maximum absolute atomic E-state index is 12.5. The van der Waals surface area contributed by atoms with Gasteiger partial charge in [0, 0.05) is 24.3 Å². The first-order valence-electron chi connectivity index (χ1n) is 9.97. The molecule has 148 valence electrons. The van der Waals surface area contributed by atoms with Crippen molar-refractivity contribution in [1.29, 1.82) is 0 Å². The van der Waals surface area contributed by atoms with Crippen molar-refractivity contribution in [2.75, 3.05) is 18.4 Å². The molecule has 0 saturated carbocycles. The second-order valence-electron chi connectivity index (χ2n) is 7.48. The molecule has 2 aromatic carbocycles. The SMILES string of the molecule is CC(=O)c1ccc(NC(=O)[C@H](C)NCc2ccccc2CN2CCCC2)cc1. The smallest absolute Gasteiger partial charge is 0.241 e. The normalized spacial score (nSPS) is 15.4. The predicted molar refractivity (Wildman–Crippen MR) is 112 cm³/mol. The molecule has 1 heterocycles. The minimum absolute atomic E-state index is 0.0144. The Labute approximate surface area is 167 Å². The summed E-state index contributed by atoms with van der Waals surface area (Å²) in [6.45, 7) is 7.36. The van der Waals surface area contributed by atoms with Crippen molar-refractivity contribution in [3.05, 3.63) is 65.2 Å². The third-order valence-electron chi connectivity index (χ3n) is 5.26. The van der Waals surface area contributed by atoms with E-state index in [2.05, 4.69) is 33.7 Å². The number of nitrogens with one attached hydrogen (secondary N) is 2. The second-order valence-corrected chi connectivity index (χ2v) is 7.48. The van der Waals surface area contributed by atoms with E-state index in [1.165, 1.54) is 44.0 Å². The average molecular weight is 380 g/mol. The third-order valence-corrected chi connectivity index (χ3v) is 5.26. The molecule has 2 aromatic rings. The maximum atomic E-state index is 12.5. The standard InChI is InChI=1S/C23H29N3O2/c1-17(23(28)25-22-11-9-19(10-12-22)18(2)27)24-15-20-7-3-4-8-21(20)16-26-13-5-6-14-26/h3-4,7-12,17,24H,5-6,13-16H2,1-2H3,(H,25,28)/t17-/m0/s1. The lowest BCUT2D eigenvalue weighted by atomic mass is 10.1. The lowest BCUT2D eigenvalue weighted by Crippen LogP contribution is -2.37. The van der Waals surface area contributed by atoms with E-state index in [4.69, 9.17) is 0 Å². The molecule has 1 saturated heterocycles. The van der Waals surface area contributed by atoms with Crippen LogP contribution in [0.3, 0.4) is 0 Å². The van der Waals surface area contributed by atoms with Crippen LogP contribution in [-0.2, 0) is 17.9 Å². The van der Waals surface area contributed by atoms with Crippen LogP contribution in [0.25, 0.3) is 0 Å². The third kappa shape index (κ3) is 5.50. The Balaban J connectivity index is 1.54. The molecule has 3 rings (SSSR count). The number of likely N-dealkylation sites (tertiary alicyclic amines) is 1. The molecule has 0 spiro atoms. The van der Waals surface area contributed by atoms with E-state index in [0.717, 1.165) is 6.54 Å². The van der Waals surface area contributed by atoms with Gasteiger partial charge in [-0.15, -0.1) is 0 Å². The second kappa shape index (κ2) is 9.62. The van der Waals surface area contributed by atoms with Crippen LogP contribution in [0.5, 0.6) is 0 Å². The summed E-state index contributed by atoms with van der Waals surface area (Å²) in [6.07, 6.45) is 2.57. The highest BCUT2D eigenvalue weighted by atomic mass is 16.2. The van der Waals surface area contributed by atoms with E-state index in [1.807, 2.05) is 13.0 Å². The highest BCUT2D eigenvalue weighted by Crippen LogP contribution is 2.16. The summed E-state index contributed by atoms with van der Waals surface area (Å²) in [5.74, 6) is -0.0758. The van der Waals surface area contributed by atoms with Gasteiger partial charge < -0.3 is 10.6 Å². The first-order chi connectivity index (χ1) is 13.5. The van der Waals surface area contributed by atoms with Gasteiger partial charge in [0.15, 0.2) is 5.78 Å². The molecule has 1 fully saturated rings. The summed E-state index contributed by atoms with van der Waals surface area (Å²) >= 11 is 0. The van der Waals surface area contributed by atoms with Gasteiger partial charge in [0.05, 0.1) is 6.04 Å². The van der Waals surface area contributed by atoms with Crippen LogP contribution in [0.1, 0.15) is 48.2 Å². The zero-order chi connectivity index (χ0) is 19.9. The first-order valence-corrected chi connectivity index (χ1v) is 9.97. The van der Waals surface area contributed by atoms with E-state index in [9.17, 15) is 9.59 Å². The number of amides is 1. The minimum Gasteiger partial charge on any atom is -0.325 e. The van der Waals surface area contributed by atoms with Crippen molar-refractivity contribution in [2.24, 2.45) is 0 Å². The van der Waals surface area contributed by atoms with Gasteiger partial charge in [-0.3, -0.25) is 14.5 Å². The fourth-order valence-corrected chi connectivity index (χ4v) is 3.46. The molecule has 5 nitrogen and oxygen atoms in total. The highest BCUT2D eigenvalue weighted by molar-refractivity contribution is 5.96. The topological polar surface area (TPSA) is 61.4 Å². The van der Waals surface area contributed by atoms with Crippen LogP contribution >= 0.6 is 0 Å². The van der Waals surface area contributed by atoms with Crippen molar-refractivity contribution in [2.45, 2.75) is 45.8 Å². The summed E-state index contributed by atoms with van der Waals surface area (Å²) in [4.78, 5) is 26.3. The van der Waals surface area contributed by atoms with Crippen LogP contribution in [0, 0.1) is 0 Å². The first kappa shape index (κ1) is 20.2. The van der Waals surface area contributed by atoms with Crippen molar-refractivity contribution >= 4 is 17.4 Å². The number of carbonyl (C=O) groups excluding carboxylic acids is 2. The van der Waals surface area contributed by atoms with Crippen LogP contribution in [-0.4, -0.2) is 35.7 Å². The molecule has 0 bridgehead atoms. The van der Waals surface area contributed by atoms with Crippen LogP contribution in [0.2, 0.25) is 0 Å². The summed E-state index contributed by atoms with van der Waals surface area (Å²) in [6, 6.07) is 15.1. The number of hydrogen-bond donors (Lipinski definition) is 2.